The van der Waals surface area contributed by atoms with Gasteiger partial charge in [0.15, 0.2) is 0 Å². The molecule has 1 fully saturated rings. The number of hydrogen-bond acceptors (Lipinski definition) is 6. The molecular formula is C24H29N7O2. The van der Waals surface area contributed by atoms with E-state index in [0.29, 0.717) is 24.3 Å². The highest BCUT2D eigenvalue weighted by Gasteiger charge is 2.33. The number of nitrogens with zero attached hydrogens (tertiary/aromatic N) is 5. The van der Waals surface area contributed by atoms with Crippen LogP contribution in [-0.4, -0.2) is 55.1 Å². The second-order valence-electron chi connectivity index (χ2n) is 9.10. The Balaban J connectivity index is 1.44. The minimum absolute atomic E-state index is 0.139. The number of carbonyl (C=O) groups is 2. The highest BCUT2D eigenvalue weighted by molar-refractivity contribution is 6.04. The fraction of sp³-hybridized carbons (Fsp3) is 0.375. The number of amides is 2. The molecule has 2 atom stereocenters. The molecule has 1 saturated heterocycles. The number of likely N-dealkylation sites (tertiary alicyclic amines) is 1. The summed E-state index contributed by atoms with van der Waals surface area (Å²) >= 11 is 0. The second kappa shape index (κ2) is 9.11. The smallest absolute Gasteiger partial charge is 0.274 e. The highest BCUT2D eigenvalue weighted by Crippen LogP contribution is 2.23. The molecule has 3 aromatic rings. The zero-order valence-corrected chi connectivity index (χ0v) is 19.2. The van der Waals surface area contributed by atoms with Gasteiger partial charge in [-0.25, -0.2) is 0 Å². The van der Waals surface area contributed by atoms with E-state index in [9.17, 15) is 9.59 Å². The van der Waals surface area contributed by atoms with Crippen molar-refractivity contribution >= 4 is 17.5 Å². The Morgan fingerprint density at radius 2 is 2.09 bits per heavy atom. The van der Waals surface area contributed by atoms with E-state index < -0.39 is 0 Å². The first-order chi connectivity index (χ1) is 15.7. The van der Waals surface area contributed by atoms with Gasteiger partial charge < -0.3 is 20.5 Å². The average molecular weight is 448 g/mol. The molecule has 0 aliphatic carbocycles. The fourth-order valence-electron chi connectivity index (χ4n) is 4.03. The van der Waals surface area contributed by atoms with Crippen LogP contribution in [0.5, 0.6) is 0 Å². The molecule has 1 unspecified atom stereocenters. The molecular weight excluding hydrogens is 418 g/mol. The first-order valence-corrected chi connectivity index (χ1v) is 11.0. The number of nitrogens with two attached hydrogens (primary N) is 1. The molecule has 1 aliphatic heterocycles. The van der Waals surface area contributed by atoms with Crippen LogP contribution in [0.4, 0.5) is 5.69 Å². The van der Waals surface area contributed by atoms with Crippen molar-refractivity contribution < 1.29 is 9.59 Å². The molecule has 1 aromatic carbocycles. The molecule has 0 spiro atoms. The SMILES string of the molecule is CC(Cc1nncn1C)c1cccc(NC(=O)c2cc(C(=O)N3CC[C@@](C)(N)C3)ccn2)c1. The first-order valence-electron chi connectivity index (χ1n) is 11.0. The Hall–Kier alpha value is -3.59. The maximum absolute atomic E-state index is 12.9. The van der Waals surface area contributed by atoms with Crippen molar-refractivity contribution in [3.05, 3.63) is 71.6 Å². The third-order valence-electron chi connectivity index (χ3n) is 6.04. The Bertz CT molecular complexity index is 1170. The monoisotopic (exact) mass is 447 g/mol. The molecule has 2 amide bonds. The van der Waals surface area contributed by atoms with Crippen LogP contribution < -0.4 is 11.1 Å². The maximum Gasteiger partial charge on any atom is 0.274 e. The standard InChI is InChI=1S/C24H29N7O2/c1-16(11-21-29-27-15-30(21)3)17-5-4-6-19(12-17)28-22(32)20-13-18(7-9-26-20)23(33)31-10-8-24(2,25)14-31/h4-7,9,12-13,15-16H,8,10-11,14,25H2,1-3H3,(H,28,32)/t16?,24-/m1/s1. The first kappa shape index (κ1) is 22.6. The predicted molar refractivity (Wildman–Crippen MR) is 125 cm³/mol. The van der Waals surface area contributed by atoms with E-state index in [0.717, 1.165) is 24.2 Å². The molecule has 2 aromatic heterocycles. The lowest BCUT2D eigenvalue weighted by Crippen LogP contribution is -2.40. The average Bonchev–Trinajstić information content (AvgIpc) is 3.37. The lowest BCUT2D eigenvalue weighted by molar-refractivity contribution is 0.0785. The summed E-state index contributed by atoms with van der Waals surface area (Å²) < 4.78 is 1.90. The van der Waals surface area contributed by atoms with Crippen molar-refractivity contribution in [2.24, 2.45) is 12.8 Å². The summed E-state index contributed by atoms with van der Waals surface area (Å²) in [5.74, 6) is 0.584. The number of anilines is 1. The zero-order valence-electron chi connectivity index (χ0n) is 19.2. The van der Waals surface area contributed by atoms with E-state index in [1.54, 1.807) is 17.3 Å². The molecule has 3 heterocycles. The van der Waals surface area contributed by atoms with Crippen LogP contribution in [-0.2, 0) is 13.5 Å². The molecule has 3 N–H and O–H groups in total. The van der Waals surface area contributed by atoms with E-state index in [1.165, 1.54) is 12.3 Å². The number of benzene rings is 1. The van der Waals surface area contributed by atoms with E-state index in [1.807, 2.05) is 42.8 Å². The predicted octanol–water partition coefficient (Wildman–Crippen LogP) is 2.37. The molecule has 172 valence electrons. The molecule has 0 bridgehead atoms. The molecule has 9 heteroatoms. The largest absolute Gasteiger partial charge is 0.337 e. The van der Waals surface area contributed by atoms with E-state index in [2.05, 4.69) is 27.4 Å². The molecule has 4 rings (SSSR count). The van der Waals surface area contributed by atoms with Crippen LogP contribution in [0.25, 0.3) is 0 Å². The summed E-state index contributed by atoms with van der Waals surface area (Å²) in [6.45, 7) is 5.15. The number of aromatic nitrogens is 4. The van der Waals surface area contributed by atoms with Gasteiger partial charge in [0, 0.05) is 49.5 Å². The quantitative estimate of drug-likeness (QED) is 0.599. The number of carbonyl (C=O) groups excluding carboxylic acids is 2. The van der Waals surface area contributed by atoms with Gasteiger partial charge in [-0.2, -0.15) is 0 Å². The minimum Gasteiger partial charge on any atom is -0.337 e. The van der Waals surface area contributed by atoms with Gasteiger partial charge in [0.2, 0.25) is 0 Å². The van der Waals surface area contributed by atoms with Crippen molar-refractivity contribution in [3.8, 4) is 0 Å². The second-order valence-corrected chi connectivity index (χ2v) is 9.10. The van der Waals surface area contributed by atoms with Crippen molar-refractivity contribution in [1.29, 1.82) is 0 Å². The van der Waals surface area contributed by atoms with Crippen molar-refractivity contribution in [2.75, 3.05) is 18.4 Å². The van der Waals surface area contributed by atoms with Crippen LogP contribution in [0.3, 0.4) is 0 Å². The Morgan fingerprint density at radius 1 is 1.27 bits per heavy atom. The Morgan fingerprint density at radius 3 is 2.79 bits per heavy atom. The van der Waals surface area contributed by atoms with Gasteiger partial charge in [-0.15, -0.1) is 10.2 Å². The van der Waals surface area contributed by atoms with Crippen LogP contribution in [0.1, 0.15) is 58.4 Å². The normalized spacial score (nSPS) is 18.8. The van der Waals surface area contributed by atoms with E-state index >= 15 is 0 Å². The number of rotatable bonds is 6. The highest BCUT2D eigenvalue weighted by atomic mass is 16.2. The van der Waals surface area contributed by atoms with Gasteiger partial charge in [-0.1, -0.05) is 19.1 Å². The van der Waals surface area contributed by atoms with Crippen molar-refractivity contribution in [2.45, 2.75) is 38.1 Å². The lowest BCUT2D eigenvalue weighted by atomic mass is 9.97. The third-order valence-corrected chi connectivity index (χ3v) is 6.04. The number of nitrogens with one attached hydrogen (secondary N) is 1. The molecule has 33 heavy (non-hydrogen) atoms. The number of pyridine rings is 1. The summed E-state index contributed by atoms with van der Waals surface area (Å²) in [7, 11) is 1.92. The van der Waals surface area contributed by atoms with Gasteiger partial charge in [0.05, 0.1) is 0 Å². The number of hydrogen-bond donors (Lipinski definition) is 2. The van der Waals surface area contributed by atoms with Crippen LogP contribution >= 0.6 is 0 Å². The number of aryl methyl sites for hydroxylation is 1. The van der Waals surface area contributed by atoms with Crippen LogP contribution in [0.15, 0.2) is 48.9 Å². The van der Waals surface area contributed by atoms with Gasteiger partial charge in [-0.05, 0) is 49.1 Å². The topological polar surface area (TPSA) is 119 Å². The maximum atomic E-state index is 12.9. The van der Waals surface area contributed by atoms with Crippen molar-refractivity contribution in [1.82, 2.24) is 24.6 Å². The van der Waals surface area contributed by atoms with E-state index in [-0.39, 0.29) is 29.0 Å². The molecule has 9 nitrogen and oxygen atoms in total. The summed E-state index contributed by atoms with van der Waals surface area (Å²) in [4.78, 5) is 31.6. The summed E-state index contributed by atoms with van der Waals surface area (Å²) in [6, 6.07) is 10.9. The van der Waals surface area contributed by atoms with Crippen LogP contribution in [0, 0.1) is 0 Å². The van der Waals surface area contributed by atoms with Crippen LogP contribution in [0.2, 0.25) is 0 Å². The lowest BCUT2D eigenvalue weighted by Gasteiger charge is -2.20. The van der Waals surface area contributed by atoms with Crippen molar-refractivity contribution in [3.63, 3.8) is 0 Å². The summed E-state index contributed by atoms with van der Waals surface area (Å²) in [5.41, 5.74) is 8.13. The summed E-state index contributed by atoms with van der Waals surface area (Å²) in [6.07, 6.45) is 4.66. The zero-order chi connectivity index (χ0) is 23.6. The molecule has 0 saturated carbocycles. The van der Waals surface area contributed by atoms with Gasteiger partial charge in [0.25, 0.3) is 11.8 Å². The molecule has 0 radical (unpaired) electrons. The van der Waals surface area contributed by atoms with E-state index in [4.69, 9.17) is 5.73 Å². The fourth-order valence-corrected chi connectivity index (χ4v) is 4.03. The van der Waals surface area contributed by atoms with Gasteiger partial charge in [-0.3, -0.25) is 14.6 Å². The summed E-state index contributed by atoms with van der Waals surface area (Å²) in [5, 5.41) is 11.0. The molecule has 1 aliphatic rings. The third kappa shape index (κ3) is 5.25. The minimum atomic E-state index is -0.377. The Labute approximate surface area is 193 Å². The Kier molecular flexibility index (Phi) is 6.24. The van der Waals surface area contributed by atoms with Gasteiger partial charge in [0.1, 0.15) is 17.8 Å². The van der Waals surface area contributed by atoms with Gasteiger partial charge >= 0.3 is 0 Å².